The van der Waals surface area contributed by atoms with E-state index in [1.807, 2.05) is 0 Å². The lowest BCUT2D eigenvalue weighted by atomic mass is 10.1. The first-order valence-electron chi connectivity index (χ1n) is 6.65. The van der Waals surface area contributed by atoms with Crippen LogP contribution in [0.5, 0.6) is 0 Å². The van der Waals surface area contributed by atoms with Crippen LogP contribution in [0.4, 0.5) is 0 Å². The van der Waals surface area contributed by atoms with Crippen molar-refractivity contribution in [3.63, 3.8) is 0 Å². The Labute approximate surface area is 119 Å². The van der Waals surface area contributed by atoms with Crippen LogP contribution < -0.4 is 5.73 Å². The second-order valence-corrected chi connectivity index (χ2v) is 4.87. The first kappa shape index (κ1) is 16.2. The van der Waals surface area contributed by atoms with Crippen molar-refractivity contribution in [1.29, 1.82) is 0 Å². The summed E-state index contributed by atoms with van der Waals surface area (Å²) in [5.41, 5.74) is 5.86. The molecule has 0 aliphatic carbocycles. The molecule has 0 atom stereocenters. The number of nitrogens with two attached hydrogens (primary N) is 1. The average molecular weight is 279 g/mol. The Morgan fingerprint density at radius 3 is 2.20 bits per heavy atom. The summed E-state index contributed by atoms with van der Waals surface area (Å²) in [6, 6.07) is 6.03. The van der Waals surface area contributed by atoms with Crippen LogP contribution >= 0.6 is 0 Å². The second-order valence-electron chi connectivity index (χ2n) is 4.87. The van der Waals surface area contributed by atoms with Gasteiger partial charge in [0.2, 0.25) is 5.91 Å². The molecular formula is C15H21NO4. The highest BCUT2D eigenvalue weighted by Gasteiger charge is 2.08. The number of hydrogen-bond donors (Lipinski definition) is 1. The summed E-state index contributed by atoms with van der Waals surface area (Å²) in [5.74, 6) is -0.363. The van der Waals surface area contributed by atoms with Crippen molar-refractivity contribution in [2.75, 3.05) is 19.8 Å². The Balaban J connectivity index is 2.27. The Hall–Kier alpha value is -1.88. The van der Waals surface area contributed by atoms with E-state index >= 15 is 0 Å². The van der Waals surface area contributed by atoms with Gasteiger partial charge in [-0.15, -0.1) is 0 Å². The molecule has 0 radical (unpaired) electrons. The van der Waals surface area contributed by atoms with Crippen LogP contribution in [-0.2, 0) is 9.47 Å². The monoisotopic (exact) mass is 279 g/mol. The van der Waals surface area contributed by atoms with Gasteiger partial charge in [-0.1, -0.05) is 13.8 Å². The molecular weight excluding hydrogens is 258 g/mol. The molecule has 0 saturated carbocycles. The maximum absolute atomic E-state index is 11.7. The number of carbonyl (C=O) groups excluding carboxylic acids is 2. The van der Waals surface area contributed by atoms with E-state index in [0.717, 1.165) is 6.42 Å². The van der Waals surface area contributed by atoms with Crippen LogP contribution in [0.2, 0.25) is 0 Å². The molecule has 5 nitrogen and oxygen atoms in total. The van der Waals surface area contributed by atoms with Crippen molar-refractivity contribution in [1.82, 2.24) is 0 Å². The molecule has 1 aromatic carbocycles. The van der Waals surface area contributed by atoms with Gasteiger partial charge in [0.05, 0.1) is 12.2 Å². The summed E-state index contributed by atoms with van der Waals surface area (Å²) in [6.45, 7) is 5.52. The number of hydrogen-bond acceptors (Lipinski definition) is 4. The third kappa shape index (κ3) is 5.84. The topological polar surface area (TPSA) is 78.6 Å². The van der Waals surface area contributed by atoms with Crippen LogP contribution in [0.3, 0.4) is 0 Å². The van der Waals surface area contributed by atoms with Gasteiger partial charge in [0.25, 0.3) is 0 Å². The molecule has 5 heteroatoms. The zero-order valence-corrected chi connectivity index (χ0v) is 11.9. The molecule has 0 aliphatic rings. The van der Waals surface area contributed by atoms with Crippen molar-refractivity contribution in [3.05, 3.63) is 35.4 Å². The second kappa shape index (κ2) is 8.32. The third-order valence-corrected chi connectivity index (χ3v) is 2.71. The van der Waals surface area contributed by atoms with Gasteiger partial charge in [0, 0.05) is 12.2 Å². The molecule has 110 valence electrons. The Morgan fingerprint density at radius 2 is 1.65 bits per heavy atom. The number of ether oxygens (including phenoxy) is 2. The normalized spacial score (nSPS) is 10.6. The average Bonchev–Trinajstić information content (AvgIpc) is 2.42. The van der Waals surface area contributed by atoms with Crippen LogP contribution in [0.15, 0.2) is 24.3 Å². The molecule has 0 bridgehead atoms. The Bertz CT molecular complexity index is 440. The summed E-state index contributed by atoms with van der Waals surface area (Å²) in [6.07, 6.45) is 0.989. The minimum atomic E-state index is -0.525. The molecule has 0 unspecified atom stereocenters. The first-order valence-corrected chi connectivity index (χ1v) is 6.65. The number of carbonyl (C=O) groups is 2. The van der Waals surface area contributed by atoms with Gasteiger partial charge in [0.1, 0.15) is 6.61 Å². The number of rotatable bonds is 8. The predicted molar refractivity (Wildman–Crippen MR) is 75.5 cm³/mol. The lowest BCUT2D eigenvalue weighted by Crippen LogP contribution is -2.13. The molecule has 2 N–H and O–H groups in total. The van der Waals surface area contributed by atoms with Crippen molar-refractivity contribution in [3.8, 4) is 0 Å². The minimum absolute atomic E-state index is 0.217. The predicted octanol–water partition coefficient (Wildman–Crippen LogP) is 2.00. The lowest BCUT2D eigenvalue weighted by molar-refractivity contribution is 0.0303. The molecule has 0 fully saturated rings. The van der Waals surface area contributed by atoms with E-state index in [0.29, 0.717) is 30.3 Å². The van der Waals surface area contributed by atoms with Gasteiger partial charge < -0.3 is 15.2 Å². The van der Waals surface area contributed by atoms with Crippen molar-refractivity contribution >= 4 is 11.9 Å². The van der Waals surface area contributed by atoms with Gasteiger partial charge in [-0.25, -0.2) is 4.79 Å². The van der Waals surface area contributed by atoms with Crippen LogP contribution in [0.1, 0.15) is 41.0 Å². The molecule has 0 spiro atoms. The van der Waals surface area contributed by atoms with Crippen LogP contribution in [0.25, 0.3) is 0 Å². The Morgan fingerprint density at radius 1 is 1.05 bits per heavy atom. The summed E-state index contributed by atoms with van der Waals surface area (Å²) in [4.78, 5) is 22.6. The highest BCUT2D eigenvalue weighted by atomic mass is 16.6. The van der Waals surface area contributed by atoms with Gasteiger partial charge >= 0.3 is 5.97 Å². The number of esters is 1. The van der Waals surface area contributed by atoms with Crippen molar-refractivity contribution in [2.24, 2.45) is 11.7 Å². The van der Waals surface area contributed by atoms with E-state index in [1.54, 1.807) is 0 Å². The SMILES string of the molecule is CC(C)CCOCCOC(=O)c1ccc(C(N)=O)cc1. The van der Waals surface area contributed by atoms with E-state index in [-0.39, 0.29) is 6.61 Å². The quantitative estimate of drug-likeness (QED) is 0.583. The molecule has 1 aromatic rings. The van der Waals surface area contributed by atoms with E-state index in [9.17, 15) is 9.59 Å². The van der Waals surface area contributed by atoms with E-state index < -0.39 is 11.9 Å². The zero-order chi connectivity index (χ0) is 15.0. The maximum Gasteiger partial charge on any atom is 0.338 e. The first-order chi connectivity index (χ1) is 9.50. The number of amides is 1. The molecule has 1 rings (SSSR count). The van der Waals surface area contributed by atoms with Crippen molar-refractivity contribution < 1.29 is 19.1 Å². The van der Waals surface area contributed by atoms with Gasteiger partial charge in [0.15, 0.2) is 0 Å². The number of primary amides is 1. The lowest BCUT2D eigenvalue weighted by Gasteiger charge is -2.07. The van der Waals surface area contributed by atoms with Crippen LogP contribution in [-0.4, -0.2) is 31.7 Å². The van der Waals surface area contributed by atoms with E-state index in [1.165, 1.54) is 24.3 Å². The van der Waals surface area contributed by atoms with Gasteiger partial charge in [-0.05, 0) is 36.6 Å². The fourth-order valence-corrected chi connectivity index (χ4v) is 1.47. The third-order valence-electron chi connectivity index (χ3n) is 2.71. The fourth-order valence-electron chi connectivity index (χ4n) is 1.47. The van der Waals surface area contributed by atoms with E-state index in [2.05, 4.69) is 13.8 Å². The van der Waals surface area contributed by atoms with Crippen LogP contribution in [0, 0.1) is 5.92 Å². The molecule has 0 saturated heterocycles. The molecule has 20 heavy (non-hydrogen) atoms. The van der Waals surface area contributed by atoms with Gasteiger partial charge in [-0.3, -0.25) is 4.79 Å². The molecule has 0 aliphatic heterocycles. The molecule has 0 aromatic heterocycles. The van der Waals surface area contributed by atoms with Gasteiger partial charge in [-0.2, -0.15) is 0 Å². The molecule has 1 amide bonds. The summed E-state index contributed by atoms with van der Waals surface area (Å²) in [7, 11) is 0. The largest absolute Gasteiger partial charge is 0.460 e. The maximum atomic E-state index is 11.7. The number of benzene rings is 1. The standard InChI is InChI=1S/C15H21NO4/c1-11(2)7-8-19-9-10-20-15(18)13-5-3-12(4-6-13)14(16)17/h3-6,11H,7-10H2,1-2H3,(H2,16,17). The summed E-state index contributed by atoms with van der Waals surface area (Å²) >= 11 is 0. The highest BCUT2D eigenvalue weighted by Crippen LogP contribution is 2.05. The smallest absolute Gasteiger partial charge is 0.338 e. The highest BCUT2D eigenvalue weighted by molar-refractivity contribution is 5.95. The Kier molecular flexibility index (Phi) is 6.73. The summed E-state index contributed by atoms with van der Waals surface area (Å²) < 4.78 is 10.4. The summed E-state index contributed by atoms with van der Waals surface area (Å²) in [5, 5.41) is 0. The molecule has 0 heterocycles. The van der Waals surface area contributed by atoms with E-state index in [4.69, 9.17) is 15.2 Å². The minimum Gasteiger partial charge on any atom is -0.460 e. The van der Waals surface area contributed by atoms with Crippen molar-refractivity contribution in [2.45, 2.75) is 20.3 Å². The zero-order valence-electron chi connectivity index (χ0n) is 11.9. The fraction of sp³-hybridized carbons (Fsp3) is 0.467.